The molecule has 0 bridgehead atoms. The van der Waals surface area contributed by atoms with E-state index in [0.717, 1.165) is 11.3 Å². The second-order valence-corrected chi connectivity index (χ2v) is 8.39. The maximum absolute atomic E-state index is 14.8. The van der Waals surface area contributed by atoms with E-state index < -0.39 is 5.82 Å². The van der Waals surface area contributed by atoms with Gasteiger partial charge in [-0.3, -0.25) is 4.79 Å². The third kappa shape index (κ3) is 5.17. The van der Waals surface area contributed by atoms with Gasteiger partial charge in [-0.2, -0.15) is 0 Å². The normalized spacial score (nSPS) is 13.7. The molecule has 1 fully saturated rings. The number of nitrogens with zero attached hydrogens (tertiary/aromatic N) is 4. The number of aromatic nitrogens is 2. The SMILES string of the molecule is COc1cccc(CN(C(=O)c2cnc(N3CCOCC3)nc2-c2ccccc2F)C(C)C)c1. The number of carbonyl (C=O) groups is 1. The van der Waals surface area contributed by atoms with Gasteiger partial charge in [0.05, 0.1) is 31.6 Å². The monoisotopic (exact) mass is 464 g/mol. The fourth-order valence-corrected chi connectivity index (χ4v) is 3.91. The average Bonchev–Trinajstić information content (AvgIpc) is 2.87. The lowest BCUT2D eigenvalue weighted by Crippen LogP contribution is -2.38. The minimum atomic E-state index is -0.438. The third-order valence-corrected chi connectivity index (χ3v) is 5.80. The van der Waals surface area contributed by atoms with E-state index in [1.54, 1.807) is 30.2 Å². The molecule has 4 rings (SSSR count). The van der Waals surface area contributed by atoms with Crippen LogP contribution in [0.1, 0.15) is 29.8 Å². The van der Waals surface area contributed by atoms with Gasteiger partial charge in [0, 0.05) is 37.4 Å². The average molecular weight is 465 g/mol. The van der Waals surface area contributed by atoms with Gasteiger partial charge in [-0.25, -0.2) is 14.4 Å². The Morgan fingerprint density at radius 1 is 1.18 bits per heavy atom. The number of ether oxygens (including phenoxy) is 2. The molecule has 0 aliphatic carbocycles. The van der Waals surface area contributed by atoms with Crippen molar-refractivity contribution < 1.29 is 18.7 Å². The first-order valence-corrected chi connectivity index (χ1v) is 11.4. The first-order chi connectivity index (χ1) is 16.5. The van der Waals surface area contributed by atoms with E-state index in [1.165, 1.54) is 12.3 Å². The number of hydrogen-bond acceptors (Lipinski definition) is 6. The van der Waals surface area contributed by atoms with Crippen LogP contribution in [0.2, 0.25) is 0 Å². The van der Waals surface area contributed by atoms with Gasteiger partial charge in [-0.1, -0.05) is 24.3 Å². The number of halogens is 1. The molecule has 1 amide bonds. The molecule has 0 saturated carbocycles. The number of anilines is 1. The van der Waals surface area contributed by atoms with Crippen molar-refractivity contribution in [1.29, 1.82) is 0 Å². The van der Waals surface area contributed by atoms with E-state index in [-0.39, 0.29) is 28.8 Å². The Kier molecular flexibility index (Phi) is 7.37. The molecule has 2 aromatic carbocycles. The molecule has 1 aliphatic heterocycles. The van der Waals surface area contributed by atoms with E-state index in [1.807, 2.05) is 43.0 Å². The van der Waals surface area contributed by atoms with Gasteiger partial charge in [0.1, 0.15) is 11.6 Å². The van der Waals surface area contributed by atoms with Crippen LogP contribution < -0.4 is 9.64 Å². The highest BCUT2D eigenvalue weighted by molar-refractivity contribution is 6.00. The van der Waals surface area contributed by atoms with Crippen LogP contribution in [0.5, 0.6) is 5.75 Å². The van der Waals surface area contributed by atoms with Gasteiger partial charge < -0.3 is 19.3 Å². The summed E-state index contributed by atoms with van der Waals surface area (Å²) in [5, 5.41) is 0. The van der Waals surface area contributed by atoms with Gasteiger partial charge in [0.25, 0.3) is 5.91 Å². The summed E-state index contributed by atoms with van der Waals surface area (Å²) in [6.07, 6.45) is 1.52. The minimum Gasteiger partial charge on any atom is -0.497 e. The third-order valence-electron chi connectivity index (χ3n) is 5.80. The highest BCUT2D eigenvalue weighted by Crippen LogP contribution is 2.28. The Morgan fingerprint density at radius 3 is 2.65 bits per heavy atom. The number of hydrogen-bond donors (Lipinski definition) is 0. The first kappa shape index (κ1) is 23.6. The Hall–Kier alpha value is -3.52. The molecule has 2 heterocycles. The molecule has 0 atom stereocenters. The summed E-state index contributed by atoms with van der Waals surface area (Å²) < 4.78 is 25.6. The van der Waals surface area contributed by atoms with Crippen molar-refractivity contribution in [2.24, 2.45) is 0 Å². The number of benzene rings is 2. The molecule has 0 unspecified atom stereocenters. The summed E-state index contributed by atoms with van der Waals surface area (Å²) in [5.41, 5.74) is 1.75. The van der Waals surface area contributed by atoms with Gasteiger partial charge in [0.15, 0.2) is 0 Å². The first-order valence-electron chi connectivity index (χ1n) is 11.4. The van der Waals surface area contributed by atoms with Crippen LogP contribution >= 0.6 is 0 Å². The summed E-state index contributed by atoms with van der Waals surface area (Å²) in [7, 11) is 1.61. The zero-order valence-electron chi connectivity index (χ0n) is 19.7. The van der Waals surface area contributed by atoms with Crippen LogP contribution in [0, 0.1) is 5.82 Å². The van der Waals surface area contributed by atoms with Gasteiger partial charge in [0.2, 0.25) is 5.95 Å². The van der Waals surface area contributed by atoms with Crippen LogP contribution in [0.3, 0.4) is 0 Å². The quantitative estimate of drug-likeness (QED) is 0.523. The Bertz CT molecular complexity index is 1150. The fraction of sp³-hybridized carbons (Fsp3) is 0.346. The highest BCUT2D eigenvalue weighted by Gasteiger charge is 2.26. The molecule has 1 aliphatic rings. The maximum Gasteiger partial charge on any atom is 0.258 e. The number of amides is 1. The van der Waals surface area contributed by atoms with Crippen LogP contribution in [-0.2, 0) is 11.3 Å². The molecular weight excluding hydrogens is 435 g/mol. The zero-order valence-corrected chi connectivity index (χ0v) is 19.7. The minimum absolute atomic E-state index is 0.105. The van der Waals surface area contributed by atoms with Crippen molar-refractivity contribution >= 4 is 11.9 Å². The van der Waals surface area contributed by atoms with E-state index in [9.17, 15) is 9.18 Å². The number of methoxy groups -OCH3 is 1. The molecule has 34 heavy (non-hydrogen) atoms. The summed E-state index contributed by atoms with van der Waals surface area (Å²) >= 11 is 0. The van der Waals surface area contributed by atoms with Gasteiger partial charge >= 0.3 is 0 Å². The molecule has 7 nitrogen and oxygen atoms in total. The molecule has 1 aromatic heterocycles. The molecule has 1 saturated heterocycles. The van der Waals surface area contributed by atoms with Gasteiger partial charge in [-0.15, -0.1) is 0 Å². The lowest BCUT2D eigenvalue weighted by molar-refractivity contribution is 0.0690. The Morgan fingerprint density at radius 2 is 1.94 bits per heavy atom. The zero-order chi connectivity index (χ0) is 24.1. The molecule has 8 heteroatoms. The number of carbonyl (C=O) groups excluding carboxylic acids is 1. The van der Waals surface area contributed by atoms with Crippen LogP contribution in [-0.4, -0.2) is 60.2 Å². The van der Waals surface area contributed by atoms with Crippen molar-refractivity contribution in [2.75, 3.05) is 38.3 Å². The van der Waals surface area contributed by atoms with Crippen molar-refractivity contribution in [3.8, 4) is 17.0 Å². The summed E-state index contributed by atoms with van der Waals surface area (Å²) in [6, 6.07) is 13.9. The van der Waals surface area contributed by atoms with E-state index >= 15 is 0 Å². The Labute approximate surface area is 199 Å². The summed E-state index contributed by atoms with van der Waals surface area (Å²) in [5.74, 6) is 0.484. The van der Waals surface area contributed by atoms with Crippen molar-refractivity contribution in [3.05, 3.63) is 71.7 Å². The predicted octanol–water partition coefficient (Wildman–Crippen LogP) is 4.18. The summed E-state index contributed by atoms with van der Waals surface area (Å²) in [4.78, 5) is 26.7. The van der Waals surface area contributed by atoms with Crippen LogP contribution in [0.25, 0.3) is 11.3 Å². The highest BCUT2D eigenvalue weighted by atomic mass is 19.1. The van der Waals surface area contributed by atoms with Crippen molar-refractivity contribution in [1.82, 2.24) is 14.9 Å². The van der Waals surface area contributed by atoms with Crippen LogP contribution in [0.4, 0.5) is 10.3 Å². The Balaban J connectivity index is 1.74. The molecule has 3 aromatic rings. The number of morpholine rings is 1. The lowest BCUT2D eigenvalue weighted by atomic mass is 10.0. The molecular formula is C26H29FN4O3. The smallest absolute Gasteiger partial charge is 0.258 e. The molecule has 0 radical (unpaired) electrons. The van der Waals surface area contributed by atoms with E-state index in [2.05, 4.69) is 9.97 Å². The van der Waals surface area contributed by atoms with Crippen LogP contribution in [0.15, 0.2) is 54.7 Å². The van der Waals surface area contributed by atoms with Crippen molar-refractivity contribution in [2.45, 2.75) is 26.4 Å². The molecule has 0 N–H and O–H groups in total. The van der Waals surface area contributed by atoms with Gasteiger partial charge in [-0.05, 0) is 43.7 Å². The second-order valence-electron chi connectivity index (χ2n) is 8.39. The summed E-state index contributed by atoms with van der Waals surface area (Å²) in [6.45, 7) is 6.68. The second kappa shape index (κ2) is 10.6. The molecule has 0 spiro atoms. The maximum atomic E-state index is 14.8. The van der Waals surface area contributed by atoms with E-state index in [0.29, 0.717) is 38.8 Å². The largest absolute Gasteiger partial charge is 0.497 e. The number of rotatable bonds is 7. The topological polar surface area (TPSA) is 67.8 Å². The standard InChI is InChI=1S/C26H29FN4O3/c1-18(2)31(17-19-7-6-8-20(15-19)33-3)25(32)22-16-28-26(30-11-13-34-14-12-30)29-24(22)21-9-4-5-10-23(21)27/h4-10,15-16,18H,11-14,17H2,1-3H3. The fourth-order valence-electron chi connectivity index (χ4n) is 3.91. The predicted molar refractivity (Wildman–Crippen MR) is 128 cm³/mol. The lowest BCUT2D eigenvalue weighted by Gasteiger charge is -2.29. The molecule has 178 valence electrons. The van der Waals surface area contributed by atoms with Crippen molar-refractivity contribution in [3.63, 3.8) is 0 Å². The van der Waals surface area contributed by atoms with E-state index in [4.69, 9.17) is 9.47 Å².